The Balaban J connectivity index is 0.963. The molecule has 63 heavy (non-hydrogen) atoms. The number of nitrogens with two attached hydrogens (primary N) is 2. The Morgan fingerprint density at radius 1 is 0.397 bits per heavy atom. The Morgan fingerprint density at radius 3 is 1.08 bits per heavy atom. The number of phenols is 2. The van der Waals surface area contributed by atoms with E-state index in [1.807, 2.05) is 12.1 Å². The first kappa shape index (κ1) is 37.7. The first-order chi connectivity index (χ1) is 30.7. The average Bonchev–Trinajstić information content (AvgIpc) is 3.56. The van der Waals surface area contributed by atoms with E-state index in [1.165, 1.54) is 38.5 Å². The molecule has 0 aromatic heterocycles. The fraction of sp³-hybridized carbons (Fsp3) is 0.368. The zero-order chi connectivity index (χ0) is 42.2. The summed E-state index contributed by atoms with van der Waals surface area (Å²) in [7, 11) is 0. The normalized spacial score (nSPS) is 30.0. The van der Waals surface area contributed by atoms with E-state index in [2.05, 4.69) is 97.1 Å². The van der Waals surface area contributed by atoms with Gasteiger partial charge in [-0.1, -0.05) is 84.9 Å². The summed E-state index contributed by atoms with van der Waals surface area (Å²) in [6.45, 7) is 0. The minimum Gasteiger partial charge on any atom is -0.506 e. The van der Waals surface area contributed by atoms with Gasteiger partial charge in [-0.15, -0.1) is 0 Å². The molecule has 0 radical (unpaired) electrons. The number of phenolic OH excluding ortho intramolecular Hbond substituents is 2. The summed E-state index contributed by atoms with van der Waals surface area (Å²) >= 11 is 0. The molecule has 0 amide bonds. The van der Waals surface area contributed by atoms with Crippen LogP contribution in [0, 0.1) is 35.5 Å². The number of ether oxygens (including phenoxy) is 2. The van der Waals surface area contributed by atoms with Gasteiger partial charge in [0.25, 0.3) is 0 Å². The lowest BCUT2D eigenvalue weighted by Gasteiger charge is -2.57. The molecule has 0 aliphatic heterocycles. The molecule has 0 spiro atoms. The number of aromatic hydroxyl groups is 2. The van der Waals surface area contributed by atoms with E-state index in [1.54, 1.807) is 12.1 Å². The number of benzene rings is 6. The molecule has 0 unspecified atom stereocenters. The van der Waals surface area contributed by atoms with Gasteiger partial charge >= 0.3 is 0 Å². The summed E-state index contributed by atoms with van der Waals surface area (Å²) in [5.41, 5.74) is 22.3. The van der Waals surface area contributed by atoms with E-state index in [0.29, 0.717) is 34.4 Å². The number of hydrogen-bond donors (Lipinski definition) is 4. The van der Waals surface area contributed by atoms with Crippen LogP contribution in [0.2, 0.25) is 0 Å². The highest BCUT2D eigenvalue weighted by Gasteiger charge is 2.55. The maximum atomic E-state index is 11.6. The van der Waals surface area contributed by atoms with Crippen LogP contribution < -0.4 is 20.9 Å². The zero-order valence-corrected chi connectivity index (χ0v) is 35.9. The van der Waals surface area contributed by atoms with Crippen LogP contribution in [0.3, 0.4) is 0 Å². The lowest BCUT2D eigenvalue weighted by molar-refractivity contribution is -0.00508. The van der Waals surface area contributed by atoms with Crippen LogP contribution in [-0.4, -0.2) is 10.2 Å². The van der Waals surface area contributed by atoms with Gasteiger partial charge in [0.05, 0.1) is 16.8 Å². The molecule has 15 rings (SSSR count). The van der Waals surface area contributed by atoms with Gasteiger partial charge in [-0.3, -0.25) is 0 Å². The summed E-state index contributed by atoms with van der Waals surface area (Å²) in [4.78, 5) is 0. The van der Waals surface area contributed by atoms with Crippen molar-refractivity contribution in [1.29, 1.82) is 0 Å². The second kappa shape index (κ2) is 13.6. The number of para-hydroxylation sites is 2. The number of hydrogen-bond acceptors (Lipinski definition) is 6. The average molecular weight is 833 g/mol. The minimum absolute atomic E-state index is 0.0257. The van der Waals surface area contributed by atoms with Crippen molar-refractivity contribution >= 4 is 11.4 Å². The lowest BCUT2D eigenvalue weighted by Crippen LogP contribution is -2.48. The fourth-order valence-electron chi connectivity index (χ4n) is 16.0. The van der Waals surface area contributed by atoms with Gasteiger partial charge in [0.1, 0.15) is 34.5 Å². The Morgan fingerprint density at radius 2 is 0.714 bits per heavy atom. The molecule has 8 bridgehead atoms. The highest BCUT2D eigenvalue weighted by atomic mass is 16.5. The quantitative estimate of drug-likeness (QED) is 0.0896. The molecule has 6 aromatic carbocycles. The monoisotopic (exact) mass is 832 g/mol. The molecule has 6 nitrogen and oxygen atoms in total. The summed E-state index contributed by atoms with van der Waals surface area (Å²) in [5, 5.41) is 23.1. The van der Waals surface area contributed by atoms with Crippen molar-refractivity contribution in [2.45, 2.75) is 93.3 Å². The maximum Gasteiger partial charge on any atom is 0.142 e. The molecular weight excluding hydrogens is 777 g/mol. The van der Waals surface area contributed by atoms with E-state index in [-0.39, 0.29) is 22.3 Å². The summed E-state index contributed by atoms with van der Waals surface area (Å²) in [5.74, 6) is 7.11. The molecule has 8 saturated carbocycles. The third-order valence-corrected chi connectivity index (χ3v) is 17.5. The number of rotatable bonds is 8. The van der Waals surface area contributed by atoms with E-state index >= 15 is 0 Å². The van der Waals surface area contributed by atoms with Crippen molar-refractivity contribution in [2.75, 3.05) is 11.5 Å². The first-order valence-corrected chi connectivity index (χ1v) is 23.7. The maximum absolute atomic E-state index is 11.6. The fourth-order valence-corrected chi connectivity index (χ4v) is 16.0. The Labute approximate surface area is 370 Å². The summed E-state index contributed by atoms with van der Waals surface area (Å²) in [6.07, 6.45) is 14.7. The zero-order valence-electron chi connectivity index (χ0n) is 35.9. The van der Waals surface area contributed by atoms with Crippen molar-refractivity contribution in [3.63, 3.8) is 0 Å². The molecule has 0 saturated heterocycles. The number of fused-ring (bicyclic) bond motifs is 3. The molecular formula is C57H56N2O4. The van der Waals surface area contributed by atoms with Gasteiger partial charge in [0.15, 0.2) is 0 Å². The number of nitrogen functional groups attached to an aromatic ring is 2. The SMILES string of the molecule is Nc1c(O)cc(Oc2ccccc2C2(c3ccccc3Oc3cc(O)c(N)c(C45CC6CC(CC(C6)C4)C5)c3)c3ccccc3-c3ccccc32)cc1C12CC3CC(CC(C3)C1)C2. The molecule has 0 heterocycles. The van der Waals surface area contributed by atoms with Crippen LogP contribution in [-0.2, 0) is 16.2 Å². The van der Waals surface area contributed by atoms with Crippen LogP contribution in [0.1, 0.15) is 110 Å². The van der Waals surface area contributed by atoms with Gasteiger partial charge in [0.2, 0.25) is 0 Å². The Kier molecular flexibility index (Phi) is 8.11. The molecule has 6 heteroatoms. The van der Waals surface area contributed by atoms with Gasteiger partial charge < -0.3 is 31.2 Å². The smallest absolute Gasteiger partial charge is 0.142 e. The topological polar surface area (TPSA) is 111 Å². The van der Waals surface area contributed by atoms with Gasteiger partial charge in [0, 0.05) is 23.3 Å². The Bertz CT molecular complexity index is 2580. The molecule has 9 aliphatic carbocycles. The van der Waals surface area contributed by atoms with Crippen LogP contribution in [0.4, 0.5) is 11.4 Å². The third kappa shape index (κ3) is 5.55. The van der Waals surface area contributed by atoms with Crippen LogP contribution >= 0.6 is 0 Å². The third-order valence-electron chi connectivity index (χ3n) is 17.5. The molecule has 6 aromatic rings. The van der Waals surface area contributed by atoms with Crippen LogP contribution in [0.5, 0.6) is 34.5 Å². The second-order valence-corrected chi connectivity index (χ2v) is 21.2. The van der Waals surface area contributed by atoms with Crippen molar-refractivity contribution in [3.8, 4) is 45.6 Å². The summed E-state index contributed by atoms with van der Waals surface area (Å²) in [6, 6.07) is 41.8. The van der Waals surface area contributed by atoms with Gasteiger partial charge in [-0.2, -0.15) is 0 Å². The van der Waals surface area contributed by atoms with E-state index < -0.39 is 5.41 Å². The second-order valence-electron chi connectivity index (χ2n) is 21.2. The van der Waals surface area contributed by atoms with Crippen molar-refractivity contribution in [3.05, 3.63) is 155 Å². The predicted octanol–water partition coefficient (Wildman–Crippen LogP) is 13.1. The van der Waals surface area contributed by atoms with E-state index in [9.17, 15) is 10.2 Å². The van der Waals surface area contributed by atoms with Crippen molar-refractivity contribution in [2.24, 2.45) is 35.5 Å². The van der Waals surface area contributed by atoms with E-state index in [0.717, 1.165) is 119 Å². The summed E-state index contributed by atoms with van der Waals surface area (Å²) < 4.78 is 14.3. The standard InChI is InChI=1S/C57H56N2O4/c58-53-47(55-27-33-17-34(28-55)19-35(18-33)29-55)23-39(25-49(53)60)62-51-15-7-5-13-45(51)57(43-11-3-1-9-41(43)42-10-2-4-12-44(42)57)46-14-6-8-16-52(46)63-40-24-48(54(59)50(61)26-40)56-30-36-20-37(31-56)22-38(21-36)32-56/h1-16,23-26,33-38,60-61H,17-22,27-32,58-59H2. The first-order valence-electron chi connectivity index (χ1n) is 23.7. The van der Waals surface area contributed by atoms with E-state index in [4.69, 9.17) is 20.9 Å². The van der Waals surface area contributed by atoms with Gasteiger partial charge in [-0.25, -0.2) is 0 Å². The predicted molar refractivity (Wildman–Crippen MR) is 249 cm³/mol. The van der Waals surface area contributed by atoms with Gasteiger partial charge in [-0.05, 0) is 181 Å². The highest BCUT2D eigenvalue weighted by molar-refractivity contribution is 5.87. The molecule has 6 N–H and O–H groups in total. The number of anilines is 2. The molecule has 318 valence electrons. The Hall–Kier alpha value is -5.88. The van der Waals surface area contributed by atoms with Crippen molar-refractivity contribution in [1.82, 2.24) is 0 Å². The van der Waals surface area contributed by atoms with Crippen LogP contribution in [0.15, 0.2) is 121 Å². The minimum atomic E-state index is -0.877. The molecule has 8 fully saturated rings. The van der Waals surface area contributed by atoms with Crippen molar-refractivity contribution < 1.29 is 19.7 Å². The lowest BCUT2D eigenvalue weighted by atomic mass is 9.48. The largest absolute Gasteiger partial charge is 0.506 e. The molecule has 0 atom stereocenters. The highest BCUT2D eigenvalue weighted by Crippen LogP contribution is 2.65. The van der Waals surface area contributed by atoms with Crippen LogP contribution in [0.25, 0.3) is 11.1 Å². The molecule has 9 aliphatic rings.